The first-order valence-corrected chi connectivity index (χ1v) is 7.43. The van der Waals surface area contributed by atoms with Crippen LogP contribution < -0.4 is 0 Å². The van der Waals surface area contributed by atoms with E-state index in [4.69, 9.17) is 0 Å². The summed E-state index contributed by atoms with van der Waals surface area (Å²) in [4.78, 5) is 4.66. The Balaban J connectivity index is 2.24. The molecule has 4 aromatic carbocycles. The lowest BCUT2D eigenvalue weighted by molar-refractivity contribution is 1.44. The van der Waals surface area contributed by atoms with Crippen LogP contribution in [0.25, 0.3) is 43.2 Å². The number of hydrogen-bond donors (Lipinski definition) is 0. The van der Waals surface area contributed by atoms with E-state index in [1.807, 2.05) is 6.07 Å². The molecule has 1 nitrogen and oxygen atoms in total. The van der Waals surface area contributed by atoms with Crippen LogP contribution >= 0.6 is 0 Å². The molecule has 5 rings (SSSR count). The van der Waals surface area contributed by atoms with Gasteiger partial charge in [0.05, 0.1) is 11.7 Å². The van der Waals surface area contributed by atoms with Gasteiger partial charge in [-0.1, -0.05) is 72.8 Å². The maximum atomic E-state index is 4.66. The zero-order valence-electron chi connectivity index (χ0n) is 11.9. The van der Waals surface area contributed by atoms with Crippen molar-refractivity contribution in [1.82, 2.24) is 4.98 Å². The van der Waals surface area contributed by atoms with Gasteiger partial charge in [-0.25, -0.2) is 4.98 Å². The molecule has 0 aliphatic rings. The number of pyridine rings is 1. The van der Waals surface area contributed by atoms with Crippen LogP contribution in [-0.2, 0) is 0 Å². The number of hydrogen-bond acceptors (Lipinski definition) is 1. The molecule has 0 saturated heterocycles. The lowest BCUT2D eigenvalue weighted by Crippen LogP contribution is -1.87. The molecule has 1 aromatic heterocycles. The van der Waals surface area contributed by atoms with E-state index >= 15 is 0 Å². The second-order valence-electron chi connectivity index (χ2n) is 5.58. The maximum absolute atomic E-state index is 4.66. The molecule has 0 aliphatic carbocycles. The molecule has 1 heteroatoms. The van der Waals surface area contributed by atoms with Crippen molar-refractivity contribution >= 4 is 43.2 Å². The van der Waals surface area contributed by atoms with Crippen molar-refractivity contribution in [3.05, 3.63) is 79.0 Å². The van der Waals surface area contributed by atoms with Crippen molar-refractivity contribution in [2.45, 2.75) is 0 Å². The van der Waals surface area contributed by atoms with E-state index < -0.39 is 0 Å². The Hall–Kier alpha value is -2.93. The Kier molecular flexibility index (Phi) is 2.28. The number of fused-ring (bicyclic) bond motifs is 8. The van der Waals surface area contributed by atoms with Gasteiger partial charge in [0.2, 0.25) is 0 Å². The van der Waals surface area contributed by atoms with Crippen molar-refractivity contribution in [3.8, 4) is 0 Å². The van der Waals surface area contributed by atoms with Gasteiger partial charge in [0.1, 0.15) is 0 Å². The SMILES string of the molecule is [c]1nc2c3ccccc3c3ccccc3c2c2ccccc12. The lowest BCUT2D eigenvalue weighted by Gasteiger charge is -2.11. The third-order valence-electron chi connectivity index (χ3n) is 4.39. The second kappa shape index (κ2) is 4.28. The van der Waals surface area contributed by atoms with E-state index in [1.165, 1.54) is 32.3 Å². The standard InChI is InChI=1S/C21H12N/c1-2-8-15-14(7-1)13-22-21-19-12-6-4-10-17(19)16-9-3-5-11-18(16)20(15)21/h1-12H. The fourth-order valence-electron chi connectivity index (χ4n) is 3.43. The Morgan fingerprint density at radius 2 is 1.09 bits per heavy atom. The summed E-state index contributed by atoms with van der Waals surface area (Å²) in [6, 6.07) is 25.4. The average Bonchev–Trinajstić information content (AvgIpc) is 2.61. The molecule has 0 N–H and O–H groups in total. The molecule has 0 saturated carbocycles. The molecule has 22 heavy (non-hydrogen) atoms. The van der Waals surface area contributed by atoms with Gasteiger partial charge in [-0.15, -0.1) is 0 Å². The van der Waals surface area contributed by atoms with E-state index in [0.29, 0.717) is 0 Å². The Labute approximate surface area is 127 Å². The molecule has 1 radical (unpaired) electrons. The fraction of sp³-hybridized carbons (Fsp3) is 0. The quantitative estimate of drug-likeness (QED) is 0.341. The number of benzene rings is 4. The summed E-state index contributed by atoms with van der Waals surface area (Å²) < 4.78 is 0. The summed E-state index contributed by atoms with van der Waals surface area (Å²) in [5, 5.41) is 8.49. The molecule has 0 fully saturated rings. The Morgan fingerprint density at radius 3 is 1.86 bits per heavy atom. The number of aromatic nitrogens is 1. The maximum Gasteiger partial charge on any atom is 0.0979 e. The minimum absolute atomic E-state index is 1.04. The highest BCUT2D eigenvalue weighted by Crippen LogP contribution is 2.36. The highest BCUT2D eigenvalue weighted by atomic mass is 14.7. The number of rotatable bonds is 0. The predicted molar refractivity (Wildman–Crippen MR) is 93.1 cm³/mol. The van der Waals surface area contributed by atoms with E-state index in [9.17, 15) is 0 Å². The smallest absolute Gasteiger partial charge is 0.0979 e. The van der Waals surface area contributed by atoms with E-state index in [1.54, 1.807) is 0 Å². The lowest BCUT2D eigenvalue weighted by atomic mass is 9.94. The summed E-state index contributed by atoms with van der Waals surface area (Å²) >= 11 is 0. The summed E-state index contributed by atoms with van der Waals surface area (Å²) in [5.74, 6) is 0. The van der Waals surface area contributed by atoms with Crippen molar-refractivity contribution in [1.29, 1.82) is 0 Å². The summed E-state index contributed by atoms with van der Waals surface area (Å²) in [6.07, 6.45) is 3.20. The van der Waals surface area contributed by atoms with Gasteiger partial charge in [-0.2, -0.15) is 0 Å². The van der Waals surface area contributed by atoms with Crippen LogP contribution in [0.1, 0.15) is 0 Å². The minimum Gasteiger partial charge on any atom is -0.245 e. The van der Waals surface area contributed by atoms with Crippen LogP contribution in [-0.4, -0.2) is 4.98 Å². The van der Waals surface area contributed by atoms with E-state index in [0.717, 1.165) is 10.9 Å². The van der Waals surface area contributed by atoms with E-state index in [2.05, 4.69) is 77.9 Å². The highest BCUT2D eigenvalue weighted by molar-refractivity contribution is 6.29. The van der Waals surface area contributed by atoms with Crippen LogP contribution in [0.15, 0.2) is 72.8 Å². The van der Waals surface area contributed by atoms with Crippen molar-refractivity contribution in [3.63, 3.8) is 0 Å². The molecule has 1 heterocycles. The first-order chi connectivity index (χ1) is 10.9. The van der Waals surface area contributed by atoms with Gasteiger partial charge in [0.25, 0.3) is 0 Å². The largest absolute Gasteiger partial charge is 0.245 e. The first-order valence-electron chi connectivity index (χ1n) is 7.43. The third kappa shape index (κ3) is 1.45. The molecule has 0 bridgehead atoms. The first kappa shape index (κ1) is 11.7. The van der Waals surface area contributed by atoms with Gasteiger partial charge in [-0.05, 0) is 21.5 Å². The molecule has 0 unspecified atom stereocenters. The molecule has 0 atom stereocenters. The number of nitrogens with zero attached hydrogens (tertiary/aromatic N) is 1. The van der Waals surface area contributed by atoms with Gasteiger partial charge >= 0.3 is 0 Å². The van der Waals surface area contributed by atoms with Crippen LogP contribution in [0.4, 0.5) is 0 Å². The summed E-state index contributed by atoms with van der Waals surface area (Å²) in [6.45, 7) is 0. The topological polar surface area (TPSA) is 12.9 Å². The third-order valence-corrected chi connectivity index (χ3v) is 4.39. The van der Waals surface area contributed by atoms with Crippen molar-refractivity contribution in [2.24, 2.45) is 0 Å². The summed E-state index contributed by atoms with van der Waals surface area (Å²) in [5.41, 5.74) is 1.04. The molecule has 0 aliphatic heterocycles. The van der Waals surface area contributed by atoms with Gasteiger partial charge < -0.3 is 0 Å². The van der Waals surface area contributed by atoms with Crippen LogP contribution in [0.2, 0.25) is 0 Å². The monoisotopic (exact) mass is 278 g/mol. The Morgan fingerprint density at radius 1 is 0.545 bits per heavy atom. The van der Waals surface area contributed by atoms with Gasteiger partial charge in [0, 0.05) is 16.2 Å². The highest BCUT2D eigenvalue weighted by Gasteiger charge is 2.11. The molecular weight excluding hydrogens is 266 g/mol. The molecule has 0 amide bonds. The normalized spacial score (nSPS) is 11.6. The van der Waals surface area contributed by atoms with Crippen LogP contribution in [0.3, 0.4) is 0 Å². The van der Waals surface area contributed by atoms with Crippen molar-refractivity contribution in [2.75, 3.05) is 0 Å². The molecule has 101 valence electrons. The van der Waals surface area contributed by atoms with Crippen LogP contribution in [0, 0.1) is 6.20 Å². The minimum atomic E-state index is 1.04. The van der Waals surface area contributed by atoms with Crippen molar-refractivity contribution < 1.29 is 0 Å². The zero-order valence-corrected chi connectivity index (χ0v) is 11.9. The molecular formula is C21H12N. The summed E-state index contributed by atoms with van der Waals surface area (Å²) in [7, 11) is 0. The molecule has 5 aromatic rings. The average molecular weight is 278 g/mol. The van der Waals surface area contributed by atoms with E-state index in [-0.39, 0.29) is 0 Å². The van der Waals surface area contributed by atoms with Gasteiger partial charge in [-0.3, -0.25) is 0 Å². The zero-order chi connectivity index (χ0) is 14.5. The fourth-order valence-corrected chi connectivity index (χ4v) is 3.43. The Bertz CT molecular complexity index is 1130. The molecule has 0 spiro atoms. The van der Waals surface area contributed by atoms with Gasteiger partial charge in [0.15, 0.2) is 0 Å². The van der Waals surface area contributed by atoms with Crippen LogP contribution in [0.5, 0.6) is 0 Å². The second-order valence-corrected chi connectivity index (χ2v) is 5.58. The predicted octanol–water partition coefficient (Wildman–Crippen LogP) is 5.49.